The van der Waals surface area contributed by atoms with Gasteiger partial charge in [0.15, 0.2) is 5.78 Å². The lowest BCUT2D eigenvalue weighted by molar-refractivity contribution is 0.0967. The molecule has 1 aromatic carbocycles. The number of Topliss-reactive ketones (excluding diaryl/α,β-unsaturated/α-hetero) is 1. The minimum Gasteiger partial charge on any atom is -0.292 e. The Morgan fingerprint density at radius 3 is 2.50 bits per heavy atom. The van der Waals surface area contributed by atoms with E-state index in [1.165, 1.54) is 17.3 Å². The molecule has 0 N–H and O–H groups in total. The van der Waals surface area contributed by atoms with Gasteiger partial charge in [0.05, 0.1) is 0 Å². The molecule has 0 amide bonds. The lowest BCUT2D eigenvalue weighted by atomic mass is 10.1. The Morgan fingerprint density at radius 1 is 1.25 bits per heavy atom. The molecule has 0 radical (unpaired) electrons. The molecular formula is C12H15N3O. The van der Waals surface area contributed by atoms with Gasteiger partial charge in [-0.2, -0.15) is 5.10 Å². The Hall–Kier alpha value is -1.97. The highest BCUT2D eigenvalue weighted by Crippen LogP contribution is 2.00. The van der Waals surface area contributed by atoms with Crippen molar-refractivity contribution in [2.75, 3.05) is 0 Å². The fourth-order valence-electron chi connectivity index (χ4n) is 1.18. The molecule has 2 rings (SSSR count). The van der Waals surface area contributed by atoms with Gasteiger partial charge in [0.2, 0.25) is 0 Å². The maximum atomic E-state index is 11.6. The van der Waals surface area contributed by atoms with Crippen LogP contribution in [-0.2, 0) is 6.54 Å². The highest BCUT2D eigenvalue weighted by molar-refractivity contribution is 5.95. The van der Waals surface area contributed by atoms with E-state index in [1.807, 2.05) is 32.0 Å². The summed E-state index contributed by atoms with van der Waals surface area (Å²) in [5, 5.41) is 3.87. The van der Waals surface area contributed by atoms with Crippen LogP contribution >= 0.6 is 0 Å². The molecule has 2 aromatic rings. The zero-order valence-electron chi connectivity index (χ0n) is 9.50. The minimum atomic E-state index is 0.0381. The summed E-state index contributed by atoms with van der Waals surface area (Å²) in [5.41, 5.74) is 0.697. The second-order valence-electron chi connectivity index (χ2n) is 2.88. The van der Waals surface area contributed by atoms with Gasteiger partial charge in [-0.15, -0.1) is 0 Å². The largest absolute Gasteiger partial charge is 0.292 e. The first-order valence-corrected chi connectivity index (χ1v) is 5.27. The first-order valence-electron chi connectivity index (χ1n) is 5.27. The molecule has 0 saturated carbocycles. The van der Waals surface area contributed by atoms with E-state index >= 15 is 0 Å². The van der Waals surface area contributed by atoms with Crippen molar-refractivity contribution in [1.82, 2.24) is 14.8 Å². The molecule has 0 aliphatic carbocycles. The Bertz CT molecular complexity index is 409. The third kappa shape index (κ3) is 3.31. The van der Waals surface area contributed by atoms with E-state index in [2.05, 4.69) is 10.1 Å². The smallest absolute Gasteiger partial charge is 0.184 e. The fraction of sp³-hybridized carbons (Fsp3) is 0.250. The van der Waals surface area contributed by atoms with Crippen LogP contribution in [0.5, 0.6) is 0 Å². The maximum Gasteiger partial charge on any atom is 0.184 e. The SMILES string of the molecule is CC.O=C(Cn1cncn1)c1ccccc1. The Balaban J connectivity index is 0.000000606. The number of carbonyl (C=O) groups excluding carboxylic acids is 1. The van der Waals surface area contributed by atoms with E-state index in [4.69, 9.17) is 0 Å². The molecular weight excluding hydrogens is 202 g/mol. The lowest BCUT2D eigenvalue weighted by Crippen LogP contribution is -2.10. The van der Waals surface area contributed by atoms with Crippen molar-refractivity contribution < 1.29 is 4.79 Å². The molecule has 4 heteroatoms. The zero-order chi connectivity index (χ0) is 11.8. The molecule has 84 valence electrons. The van der Waals surface area contributed by atoms with Crippen LogP contribution in [0.25, 0.3) is 0 Å². The minimum absolute atomic E-state index is 0.0381. The van der Waals surface area contributed by atoms with Crippen LogP contribution in [0.3, 0.4) is 0 Å². The van der Waals surface area contributed by atoms with Crippen molar-refractivity contribution in [2.24, 2.45) is 0 Å². The predicted octanol–water partition coefficient (Wildman–Crippen LogP) is 2.19. The van der Waals surface area contributed by atoms with E-state index in [9.17, 15) is 4.79 Å². The molecule has 0 fully saturated rings. The number of benzene rings is 1. The molecule has 0 atom stereocenters. The van der Waals surface area contributed by atoms with Crippen molar-refractivity contribution in [3.8, 4) is 0 Å². The van der Waals surface area contributed by atoms with E-state index < -0.39 is 0 Å². The number of carbonyl (C=O) groups is 1. The van der Waals surface area contributed by atoms with Crippen molar-refractivity contribution in [2.45, 2.75) is 20.4 Å². The van der Waals surface area contributed by atoms with Gasteiger partial charge in [-0.25, -0.2) is 9.67 Å². The molecule has 0 saturated heterocycles. The first-order chi connectivity index (χ1) is 7.86. The molecule has 0 aliphatic heterocycles. The summed E-state index contributed by atoms with van der Waals surface area (Å²) in [6, 6.07) is 9.15. The highest BCUT2D eigenvalue weighted by Gasteiger charge is 2.05. The predicted molar refractivity (Wildman–Crippen MR) is 62.1 cm³/mol. The maximum absolute atomic E-state index is 11.6. The number of hydrogen-bond donors (Lipinski definition) is 0. The average Bonchev–Trinajstić information content (AvgIpc) is 2.86. The summed E-state index contributed by atoms with van der Waals surface area (Å²) in [5.74, 6) is 0.0381. The number of aromatic nitrogens is 3. The van der Waals surface area contributed by atoms with Crippen LogP contribution in [0, 0.1) is 0 Å². The number of rotatable bonds is 3. The van der Waals surface area contributed by atoms with Gasteiger partial charge in [-0.3, -0.25) is 4.79 Å². The van der Waals surface area contributed by atoms with Gasteiger partial charge in [0, 0.05) is 5.56 Å². The summed E-state index contributed by atoms with van der Waals surface area (Å²) in [4.78, 5) is 15.4. The fourth-order valence-corrected chi connectivity index (χ4v) is 1.18. The lowest BCUT2D eigenvalue weighted by Gasteiger charge is -1.99. The molecule has 1 aromatic heterocycles. The quantitative estimate of drug-likeness (QED) is 0.740. The number of ketones is 1. The van der Waals surface area contributed by atoms with E-state index in [1.54, 1.807) is 12.1 Å². The van der Waals surface area contributed by atoms with Crippen LogP contribution in [0.1, 0.15) is 24.2 Å². The summed E-state index contributed by atoms with van der Waals surface area (Å²) in [6.07, 6.45) is 2.94. The Labute approximate surface area is 94.9 Å². The molecule has 0 spiro atoms. The highest BCUT2D eigenvalue weighted by atomic mass is 16.1. The van der Waals surface area contributed by atoms with E-state index in [0.29, 0.717) is 5.56 Å². The van der Waals surface area contributed by atoms with Gasteiger partial charge in [-0.1, -0.05) is 44.2 Å². The third-order valence-corrected chi connectivity index (χ3v) is 1.87. The second kappa shape index (κ2) is 6.50. The number of hydrogen-bond acceptors (Lipinski definition) is 3. The van der Waals surface area contributed by atoms with Crippen LogP contribution in [0.4, 0.5) is 0 Å². The molecule has 4 nitrogen and oxygen atoms in total. The van der Waals surface area contributed by atoms with Crippen molar-refractivity contribution in [1.29, 1.82) is 0 Å². The van der Waals surface area contributed by atoms with Crippen LogP contribution < -0.4 is 0 Å². The average molecular weight is 217 g/mol. The van der Waals surface area contributed by atoms with Crippen molar-refractivity contribution in [3.05, 3.63) is 48.5 Å². The molecule has 0 bridgehead atoms. The van der Waals surface area contributed by atoms with Gasteiger partial charge in [0.25, 0.3) is 0 Å². The van der Waals surface area contributed by atoms with Gasteiger partial charge in [-0.05, 0) is 0 Å². The Kier molecular flexibility index (Phi) is 4.92. The standard InChI is InChI=1S/C10H9N3O.C2H6/c14-10(6-13-8-11-7-12-13)9-4-2-1-3-5-9;1-2/h1-5,7-8H,6H2;1-2H3. The van der Waals surface area contributed by atoms with Gasteiger partial charge in [0.1, 0.15) is 19.2 Å². The molecule has 1 heterocycles. The number of nitrogens with zero attached hydrogens (tertiary/aromatic N) is 3. The van der Waals surface area contributed by atoms with Gasteiger partial charge >= 0.3 is 0 Å². The van der Waals surface area contributed by atoms with Gasteiger partial charge < -0.3 is 0 Å². The van der Waals surface area contributed by atoms with Crippen LogP contribution in [0.2, 0.25) is 0 Å². The topological polar surface area (TPSA) is 47.8 Å². The molecule has 16 heavy (non-hydrogen) atoms. The summed E-state index contributed by atoms with van der Waals surface area (Å²) in [7, 11) is 0. The second-order valence-corrected chi connectivity index (χ2v) is 2.88. The van der Waals surface area contributed by atoms with Crippen LogP contribution in [-0.4, -0.2) is 20.5 Å². The zero-order valence-corrected chi connectivity index (χ0v) is 9.50. The summed E-state index contributed by atoms with van der Waals surface area (Å²) in [6.45, 7) is 4.24. The molecule has 0 aliphatic rings. The summed E-state index contributed by atoms with van der Waals surface area (Å²) >= 11 is 0. The van der Waals surface area contributed by atoms with Crippen molar-refractivity contribution >= 4 is 5.78 Å². The monoisotopic (exact) mass is 217 g/mol. The normalized spacial score (nSPS) is 9.12. The third-order valence-electron chi connectivity index (χ3n) is 1.87. The van der Waals surface area contributed by atoms with E-state index in [0.717, 1.165) is 0 Å². The van der Waals surface area contributed by atoms with Crippen LogP contribution in [0.15, 0.2) is 43.0 Å². The van der Waals surface area contributed by atoms with E-state index in [-0.39, 0.29) is 12.3 Å². The molecule has 0 unspecified atom stereocenters. The first kappa shape index (κ1) is 12.1. The van der Waals surface area contributed by atoms with Crippen molar-refractivity contribution in [3.63, 3.8) is 0 Å². The summed E-state index contributed by atoms with van der Waals surface area (Å²) < 4.78 is 1.51. The Morgan fingerprint density at radius 2 is 1.94 bits per heavy atom.